The van der Waals surface area contributed by atoms with E-state index >= 15 is 0 Å². The van der Waals surface area contributed by atoms with E-state index in [4.69, 9.17) is 11.6 Å². The number of nitrogens with zero attached hydrogens (tertiary/aromatic N) is 2. The smallest absolute Gasteiger partial charge is 0.271 e. The number of aromatic amines is 1. The molecule has 0 unspecified atom stereocenters. The van der Waals surface area contributed by atoms with Crippen molar-refractivity contribution in [3.05, 3.63) is 28.2 Å². The van der Waals surface area contributed by atoms with Crippen LogP contribution in [0.25, 0.3) is 0 Å². The summed E-state index contributed by atoms with van der Waals surface area (Å²) in [7, 11) is 0. The van der Waals surface area contributed by atoms with Gasteiger partial charge in [-0.1, -0.05) is 0 Å². The third-order valence-electron chi connectivity index (χ3n) is 3.62. The minimum absolute atomic E-state index is 0.0123. The number of halogens is 1. The number of alkyl halides is 1. The van der Waals surface area contributed by atoms with E-state index in [1.54, 1.807) is 0 Å². The minimum Gasteiger partial charge on any atom is -0.348 e. The summed E-state index contributed by atoms with van der Waals surface area (Å²) in [6.07, 6.45) is 2.58. The molecule has 1 fully saturated rings. The van der Waals surface area contributed by atoms with Crippen LogP contribution < -0.4 is 10.9 Å². The zero-order chi connectivity index (χ0) is 15.9. The van der Waals surface area contributed by atoms with Gasteiger partial charge in [-0.25, -0.2) is 5.10 Å². The van der Waals surface area contributed by atoms with Gasteiger partial charge in [0.1, 0.15) is 5.69 Å². The topological polar surface area (TPSA) is 95.2 Å². The fraction of sp³-hybridized carbons (Fsp3) is 0.571. The number of likely N-dealkylation sites (tertiary alicyclic amines) is 1. The van der Waals surface area contributed by atoms with E-state index in [2.05, 4.69) is 15.5 Å². The van der Waals surface area contributed by atoms with Gasteiger partial charge in [0.25, 0.3) is 11.5 Å². The number of nitrogens with one attached hydrogen (secondary N) is 2. The highest BCUT2D eigenvalue weighted by atomic mass is 35.5. The average Bonchev–Trinajstić information content (AvgIpc) is 2.54. The molecule has 1 saturated heterocycles. The van der Waals surface area contributed by atoms with Gasteiger partial charge < -0.3 is 10.2 Å². The zero-order valence-electron chi connectivity index (χ0n) is 12.2. The van der Waals surface area contributed by atoms with Crippen molar-refractivity contribution in [2.45, 2.75) is 31.7 Å². The van der Waals surface area contributed by atoms with E-state index in [0.717, 1.165) is 0 Å². The maximum Gasteiger partial charge on any atom is 0.271 e. The van der Waals surface area contributed by atoms with Crippen LogP contribution in [0.3, 0.4) is 0 Å². The number of piperidine rings is 1. The molecule has 2 amide bonds. The van der Waals surface area contributed by atoms with Crippen LogP contribution in [0.5, 0.6) is 0 Å². The number of hydrogen-bond acceptors (Lipinski definition) is 4. The molecule has 120 valence electrons. The Morgan fingerprint density at radius 2 is 2.09 bits per heavy atom. The highest BCUT2D eigenvalue weighted by molar-refractivity contribution is 6.17. The first-order chi connectivity index (χ1) is 10.6. The summed E-state index contributed by atoms with van der Waals surface area (Å²) in [5, 5.41) is 8.80. The van der Waals surface area contributed by atoms with Crippen LogP contribution >= 0.6 is 11.6 Å². The Kier molecular flexibility index (Phi) is 5.94. The molecule has 1 aliphatic rings. The van der Waals surface area contributed by atoms with Crippen molar-refractivity contribution >= 4 is 23.4 Å². The van der Waals surface area contributed by atoms with Gasteiger partial charge >= 0.3 is 0 Å². The Hall–Kier alpha value is -1.89. The minimum atomic E-state index is -0.347. The largest absolute Gasteiger partial charge is 0.348 e. The van der Waals surface area contributed by atoms with Crippen molar-refractivity contribution in [2.75, 3.05) is 19.0 Å². The number of aromatic nitrogens is 2. The lowest BCUT2D eigenvalue weighted by Crippen LogP contribution is -2.46. The van der Waals surface area contributed by atoms with E-state index in [1.165, 1.54) is 12.1 Å². The van der Waals surface area contributed by atoms with Crippen LogP contribution in [0.15, 0.2) is 16.9 Å². The molecule has 7 nitrogen and oxygen atoms in total. The molecule has 2 N–H and O–H groups in total. The lowest BCUT2D eigenvalue weighted by Gasteiger charge is -2.32. The van der Waals surface area contributed by atoms with Crippen molar-refractivity contribution in [2.24, 2.45) is 0 Å². The second-order valence-corrected chi connectivity index (χ2v) is 5.61. The average molecular weight is 327 g/mol. The molecule has 1 aromatic rings. The molecule has 0 radical (unpaired) electrons. The number of amides is 2. The molecule has 0 bridgehead atoms. The van der Waals surface area contributed by atoms with Gasteiger partial charge in [-0.15, -0.1) is 11.6 Å². The van der Waals surface area contributed by atoms with Crippen LogP contribution in [-0.4, -0.2) is 51.9 Å². The summed E-state index contributed by atoms with van der Waals surface area (Å²) in [5.41, 5.74) is -0.166. The number of carbonyl (C=O) groups is 2. The van der Waals surface area contributed by atoms with Crippen molar-refractivity contribution < 1.29 is 9.59 Å². The molecule has 8 heteroatoms. The van der Waals surface area contributed by atoms with Crippen molar-refractivity contribution in [1.29, 1.82) is 0 Å². The van der Waals surface area contributed by atoms with Crippen molar-refractivity contribution in [1.82, 2.24) is 20.4 Å². The molecular weight excluding hydrogens is 308 g/mol. The van der Waals surface area contributed by atoms with Gasteiger partial charge in [0.05, 0.1) is 0 Å². The monoisotopic (exact) mass is 326 g/mol. The van der Waals surface area contributed by atoms with E-state index in [9.17, 15) is 14.4 Å². The van der Waals surface area contributed by atoms with Crippen LogP contribution in [0.4, 0.5) is 0 Å². The number of H-pyrrole nitrogens is 1. The maximum atomic E-state index is 12.0. The molecule has 0 spiro atoms. The molecule has 0 saturated carbocycles. The third-order valence-corrected chi connectivity index (χ3v) is 3.89. The van der Waals surface area contributed by atoms with Crippen LogP contribution in [0.2, 0.25) is 0 Å². The summed E-state index contributed by atoms with van der Waals surface area (Å²) in [5.74, 6) is 0.292. The Balaban J connectivity index is 1.79. The van der Waals surface area contributed by atoms with Crippen molar-refractivity contribution in [3.63, 3.8) is 0 Å². The molecule has 2 heterocycles. The van der Waals surface area contributed by atoms with Gasteiger partial charge in [-0.05, 0) is 25.3 Å². The van der Waals surface area contributed by atoms with Crippen LogP contribution in [0.1, 0.15) is 36.2 Å². The van der Waals surface area contributed by atoms with Gasteiger partial charge in [-0.2, -0.15) is 5.10 Å². The standard InChI is InChI=1S/C14H19ClN4O3/c15-7-1-2-13(21)19-8-5-10(6-9-19)16-14(22)11-3-4-12(20)18-17-11/h3-4,10H,1-2,5-9H2,(H,16,22)(H,18,20). The summed E-state index contributed by atoms with van der Waals surface area (Å²) < 4.78 is 0. The second kappa shape index (κ2) is 7.93. The Bertz CT molecular complexity index is 561. The summed E-state index contributed by atoms with van der Waals surface area (Å²) in [6.45, 7) is 1.26. The van der Waals surface area contributed by atoms with E-state index in [1.807, 2.05) is 4.90 Å². The lowest BCUT2D eigenvalue weighted by molar-refractivity contribution is -0.132. The fourth-order valence-corrected chi connectivity index (χ4v) is 2.51. The normalized spacial score (nSPS) is 15.6. The predicted molar refractivity (Wildman–Crippen MR) is 81.9 cm³/mol. The third kappa shape index (κ3) is 4.56. The quantitative estimate of drug-likeness (QED) is 0.771. The summed E-state index contributed by atoms with van der Waals surface area (Å²) in [6, 6.07) is 2.66. The second-order valence-electron chi connectivity index (χ2n) is 5.23. The maximum absolute atomic E-state index is 12.0. The summed E-state index contributed by atoms with van der Waals surface area (Å²) >= 11 is 5.59. The molecule has 0 aliphatic carbocycles. The van der Waals surface area contributed by atoms with Crippen LogP contribution in [-0.2, 0) is 4.79 Å². The molecule has 1 aromatic heterocycles. The van der Waals surface area contributed by atoms with Crippen molar-refractivity contribution in [3.8, 4) is 0 Å². The highest BCUT2D eigenvalue weighted by Gasteiger charge is 2.24. The zero-order valence-corrected chi connectivity index (χ0v) is 12.9. The fourth-order valence-electron chi connectivity index (χ4n) is 2.38. The first-order valence-corrected chi connectivity index (χ1v) is 7.84. The Morgan fingerprint density at radius 1 is 1.36 bits per heavy atom. The molecule has 22 heavy (non-hydrogen) atoms. The van der Waals surface area contributed by atoms with Gasteiger partial charge in [-0.3, -0.25) is 14.4 Å². The Labute approximate surface area is 133 Å². The number of carbonyl (C=O) groups excluding carboxylic acids is 2. The molecule has 0 atom stereocenters. The Morgan fingerprint density at radius 3 is 2.68 bits per heavy atom. The number of rotatable bonds is 5. The van der Waals surface area contributed by atoms with Gasteiger partial charge in [0.15, 0.2) is 0 Å². The van der Waals surface area contributed by atoms with Gasteiger partial charge in [0.2, 0.25) is 5.91 Å². The van der Waals surface area contributed by atoms with E-state index in [-0.39, 0.29) is 29.1 Å². The molecule has 0 aromatic carbocycles. The molecular formula is C14H19ClN4O3. The first kappa shape index (κ1) is 16.5. The van der Waals surface area contributed by atoms with E-state index in [0.29, 0.717) is 44.7 Å². The number of hydrogen-bond donors (Lipinski definition) is 2. The van der Waals surface area contributed by atoms with Gasteiger partial charge in [0, 0.05) is 37.5 Å². The predicted octanol–water partition coefficient (Wildman–Crippen LogP) is 0.510. The SMILES string of the molecule is O=C(NC1CCN(C(=O)CCCCl)CC1)c1ccc(=O)[nH]n1. The molecule has 2 rings (SSSR count). The lowest BCUT2D eigenvalue weighted by atomic mass is 10.0. The van der Waals surface area contributed by atoms with Crippen LogP contribution in [0, 0.1) is 0 Å². The molecule has 1 aliphatic heterocycles. The summed E-state index contributed by atoms with van der Waals surface area (Å²) in [4.78, 5) is 36.6. The van der Waals surface area contributed by atoms with E-state index < -0.39 is 0 Å². The highest BCUT2D eigenvalue weighted by Crippen LogP contribution is 2.12. The first-order valence-electron chi connectivity index (χ1n) is 7.30.